The van der Waals surface area contributed by atoms with Crippen LogP contribution in [0.1, 0.15) is 65.9 Å². The first-order valence-electron chi connectivity index (χ1n) is 10.6. The van der Waals surface area contributed by atoms with Gasteiger partial charge in [0.05, 0.1) is 5.69 Å². The number of hydrogen-bond acceptors (Lipinski definition) is 4. The Morgan fingerprint density at radius 2 is 2.00 bits per heavy atom. The summed E-state index contributed by atoms with van der Waals surface area (Å²) < 4.78 is 5.37. The number of aromatic nitrogens is 1. The van der Waals surface area contributed by atoms with Crippen molar-refractivity contribution in [3.63, 3.8) is 0 Å². The molecule has 0 unspecified atom stereocenters. The van der Waals surface area contributed by atoms with Gasteiger partial charge in [0.1, 0.15) is 11.3 Å². The van der Waals surface area contributed by atoms with Gasteiger partial charge in [-0.3, -0.25) is 4.79 Å². The third-order valence-corrected chi connectivity index (χ3v) is 6.59. The van der Waals surface area contributed by atoms with Crippen LogP contribution in [-0.4, -0.2) is 53.1 Å². The number of amides is 1. The molecule has 2 aromatic rings. The molecule has 4 rings (SSSR count). The van der Waals surface area contributed by atoms with Gasteiger partial charge in [-0.1, -0.05) is 55.3 Å². The Morgan fingerprint density at radius 1 is 1.21 bits per heavy atom. The first-order chi connectivity index (χ1) is 13.6. The molecule has 1 aromatic carbocycles. The SMILES string of the molecule is CCc1noc(C)c1C(=O)N1C[C@@H](c2ccccc2)[C@H]2[C@H]1CCCCCN2C. The maximum absolute atomic E-state index is 13.7. The van der Waals surface area contributed by atoms with Crippen molar-refractivity contribution in [1.29, 1.82) is 0 Å². The fraction of sp³-hybridized carbons (Fsp3) is 0.565. The number of nitrogens with zero attached hydrogens (tertiary/aromatic N) is 3. The summed E-state index contributed by atoms with van der Waals surface area (Å²) in [6.07, 6.45) is 5.43. The lowest BCUT2D eigenvalue weighted by atomic mass is 9.87. The molecule has 1 aromatic heterocycles. The molecule has 1 amide bonds. The van der Waals surface area contributed by atoms with Crippen LogP contribution < -0.4 is 0 Å². The van der Waals surface area contributed by atoms with Gasteiger partial charge in [0, 0.05) is 24.5 Å². The summed E-state index contributed by atoms with van der Waals surface area (Å²) in [6.45, 7) is 5.73. The minimum Gasteiger partial charge on any atom is -0.361 e. The van der Waals surface area contributed by atoms with Crippen LogP contribution in [0.3, 0.4) is 0 Å². The summed E-state index contributed by atoms with van der Waals surface area (Å²) in [6, 6.07) is 11.3. The van der Waals surface area contributed by atoms with Gasteiger partial charge in [0.25, 0.3) is 5.91 Å². The average Bonchev–Trinajstić information content (AvgIpc) is 3.26. The van der Waals surface area contributed by atoms with Crippen LogP contribution in [0.15, 0.2) is 34.9 Å². The van der Waals surface area contributed by atoms with Crippen molar-refractivity contribution in [2.45, 2.75) is 64.0 Å². The molecule has 0 saturated carbocycles. The third kappa shape index (κ3) is 3.37. The van der Waals surface area contributed by atoms with Gasteiger partial charge in [-0.15, -0.1) is 0 Å². The number of fused-ring (bicyclic) bond motifs is 1. The van der Waals surface area contributed by atoms with E-state index in [0.29, 0.717) is 29.7 Å². The number of rotatable bonds is 3. The highest BCUT2D eigenvalue weighted by Crippen LogP contribution is 2.39. The molecular weight excluding hydrogens is 350 g/mol. The summed E-state index contributed by atoms with van der Waals surface area (Å²) in [5, 5.41) is 4.12. The van der Waals surface area contributed by atoms with Gasteiger partial charge in [-0.25, -0.2) is 0 Å². The van der Waals surface area contributed by atoms with E-state index in [1.54, 1.807) is 0 Å². The van der Waals surface area contributed by atoms with E-state index in [-0.39, 0.29) is 11.9 Å². The normalized spacial score (nSPS) is 26.0. The molecule has 0 bridgehead atoms. The zero-order valence-electron chi connectivity index (χ0n) is 17.2. The van der Waals surface area contributed by atoms with Gasteiger partial charge in [-0.05, 0) is 45.3 Å². The van der Waals surface area contributed by atoms with Gasteiger partial charge in [-0.2, -0.15) is 0 Å². The maximum Gasteiger partial charge on any atom is 0.259 e. The van der Waals surface area contributed by atoms with E-state index in [1.807, 2.05) is 13.8 Å². The molecule has 3 heterocycles. The molecule has 0 spiro atoms. The first kappa shape index (κ1) is 19.2. The number of carbonyl (C=O) groups excluding carboxylic acids is 1. The topological polar surface area (TPSA) is 49.6 Å². The molecule has 2 aliphatic heterocycles. The van der Waals surface area contributed by atoms with Crippen LogP contribution in [0.5, 0.6) is 0 Å². The molecule has 2 saturated heterocycles. The fourth-order valence-electron chi connectivity index (χ4n) is 5.19. The van der Waals surface area contributed by atoms with Crippen LogP contribution in [0, 0.1) is 6.92 Å². The summed E-state index contributed by atoms with van der Waals surface area (Å²) >= 11 is 0. The van der Waals surface area contributed by atoms with Crippen LogP contribution in [-0.2, 0) is 6.42 Å². The van der Waals surface area contributed by atoms with Gasteiger partial charge in [0.15, 0.2) is 0 Å². The predicted octanol–water partition coefficient (Wildman–Crippen LogP) is 4.03. The zero-order chi connectivity index (χ0) is 19.7. The number of benzene rings is 1. The van der Waals surface area contributed by atoms with Gasteiger partial charge >= 0.3 is 0 Å². The minimum atomic E-state index is 0.0954. The van der Waals surface area contributed by atoms with Crippen molar-refractivity contribution in [2.24, 2.45) is 0 Å². The third-order valence-electron chi connectivity index (χ3n) is 6.59. The van der Waals surface area contributed by atoms with E-state index in [4.69, 9.17) is 4.52 Å². The number of likely N-dealkylation sites (tertiary alicyclic amines) is 2. The van der Waals surface area contributed by atoms with Crippen LogP contribution >= 0.6 is 0 Å². The van der Waals surface area contributed by atoms with E-state index in [1.165, 1.54) is 24.8 Å². The Balaban J connectivity index is 1.72. The Labute approximate surface area is 167 Å². The maximum atomic E-state index is 13.7. The Hall–Kier alpha value is -2.14. The van der Waals surface area contributed by atoms with E-state index < -0.39 is 0 Å². The van der Waals surface area contributed by atoms with E-state index in [2.05, 4.69) is 52.3 Å². The Kier molecular flexibility index (Phi) is 5.54. The standard InChI is InChI=1S/C23H31N3O2/c1-4-19-21(16(2)28-24-19)23(27)26-15-18(17-11-7-5-8-12-17)22-20(26)13-9-6-10-14-25(22)3/h5,7-8,11-12,18,20,22H,4,6,9-10,13-15H2,1-3H3/t18-,20+,22-/m0/s1. The Morgan fingerprint density at radius 3 is 2.75 bits per heavy atom. The van der Waals surface area contributed by atoms with Crippen molar-refractivity contribution in [3.05, 3.63) is 52.9 Å². The van der Waals surface area contributed by atoms with E-state index in [9.17, 15) is 4.79 Å². The van der Waals surface area contributed by atoms with Crippen molar-refractivity contribution in [3.8, 4) is 0 Å². The average molecular weight is 382 g/mol. The molecule has 2 fully saturated rings. The van der Waals surface area contributed by atoms with Crippen LogP contribution in [0.25, 0.3) is 0 Å². The summed E-state index contributed by atoms with van der Waals surface area (Å²) in [4.78, 5) is 18.3. The second-order valence-electron chi connectivity index (χ2n) is 8.28. The molecule has 0 radical (unpaired) electrons. The lowest BCUT2D eigenvalue weighted by molar-refractivity contribution is 0.0666. The van der Waals surface area contributed by atoms with Crippen molar-refractivity contribution in [2.75, 3.05) is 20.1 Å². The highest BCUT2D eigenvalue weighted by molar-refractivity contribution is 5.96. The molecule has 150 valence electrons. The summed E-state index contributed by atoms with van der Waals surface area (Å²) in [5.41, 5.74) is 2.79. The van der Waals surface area contributed by atoms with Crippen molar-refractivity contribution in [1.82, 2.24) is 15.0 Å². The highest BCUT2D eigenvalue weighted by atomic mass is 16.5. The first-order valence-corrected chi connectivity index (χ1v) is 10.6. The molecule has 3 atom stereocenters. The summed E-state index contributed by atoms with van der Waals surface area (Å²) in [5.74, 6) is 1.07. The second kappa shape index (κ2) is 8.08. The lowest BCUT2D eigenvalue weighted by Crippen LogP contribution is -2.47. The molecule has 5 nitrogen and oxygen atoms in total. The molecular formula is C23H31N3O2. The van der Waals surface area contributed by atoms with Crippen molar-refractivity contribution < 1.29 is 9.32 Å². The molecule has 0 N–H and O–H groups in total. The quantitative estimate of drug-likeness (QED) is 0.805. The number of carbonyl (C=O) groups is 1. The van der Waals surface area contributed by atoms with Crippen LogP contribution in [0.4, 0.5) is 0 Å². The summed E-state index contributed by atoms with van der Waals surface area (Å²) in [7, 11) is 2.23. The van der Waals surface area contributed by atoms with Crippen molar-refractivity contribution >= 4 is 5.91 Å². The lowest BCUT2D eigenvalue weighted by Gasteiger charge is -2.37. The number of aryl methyl sites for hydroxylation is 2. The van der Waals surface area contributed by atoms with Gasteiger partial charge in [0.2, 0.25) is 0 Å². The number of likely N-dealkylation sites (N-methyl/N-ethyl adjacent to an activating group) is 1. The molecule has 28 heavy (non-hydrogen) atoms. The van der Waals surface area contributed by atoms with E-state index in [0.717, 1.165) is 25.2 Å². The number of hydrogen-bond donors (Lipinski definition) is 0. The highest BCUT2D eigenvalue weighted by Gasteiger charge is 2.47. The minimum absolute atomic E-state index is 0.0954. The van der Waals surface area contributed by atoms with Gasteiger partial charge < -0.3 is 14.3 Å². The molecule has 2 aliphatic rings. The largest absolute Gasteiger partial charge is 0.361 e. The molecule has 5 heteroatoms. The van der Waals surface area contributed by atoms with E-state index >= 15 is 0 Å². The zero-order valence-corrected chi connectivity index (χ0v) is 17.2. The Bertz CT molecular complexity index is 817. The smallest absolute Gasteiger partial charge is 0.259 e. The second-order valence-corrected chi connectivity index (χ2v) is 8.28. The van der Waals surface area contributed by atoms with Crippen LogP contribution in [0.2, 0.25) is 0 Å². The predicted molar refractivity (Wildman–Crippen MR) is 110 cm³/mol. The monoisotopic (exact) mass is 381 g/mol. The molecule has 0 aliphatic carbocycles. The fourth-order valence-corrected chi connectivity index (χ4v) is 5.19.